The van der Waals surface area contributed by atoms with Gasteiger partial charge in [0, 0.05) is 6.04 Å². The molecule has 0 bridgehead atoms. The Morgan fingerprint density at radius 2 is 1.94 bits per heavy atom. The molecule has 1 aliphatic carbocycles. The Morgan fingerprint density at radius 1 is 1.35 bits per heavy atom. The van der Waals surface area contributed by atoms with Gasteiger partial charge in [-0.3, -0.25) is 9.59 Å². The van der Waals surface area contributed by atoms with Gasteiger partial charge in [0.25, 0.3) is 0 Å². The van der Waals surface area contributed by atoms with Crippen molar-refractivity contribution in [3.05, 3.63) is 0 Å². The van der Waals surface area contributed by atoms with Crippen molar-refractivity contribution in [2.45, 2.75) is 53.0 Å². The first-order valence-electron chi connectivity index (χ1n) is 6.33. The third kappa shape index (κ3) is 3.72. The van der Waals surface area contributed by atoms with Gasteiger partial charge in [-0.1, -0.05) is 20.8 Å². The summed E-state index contributed by atoms with van der Waals surface area (Å²) < 4.78 is 4.99. The molecule has 1 aliphatic rings. The summed E-state index contributed by atoms with van der Waals surface area (Å²) in [6.07, 6.45) is 3.20. The first-order chi connectivity index (χ1) is 7.86. The van der Waals surface area contributed by atoms with E-state index in [1.54, 1.807) is 6.92 Å². The molecule has 1 N–H and O–H groups in total. The molecule has 98 valence electrons. The second kappa shape index (κ2) is 5.52. The summed E-state index contributed by atoms with van der Waals surface area (Å²) in [5, 5.41) is 2.92. The maximum absolute atomic E-state index is 12.1. The van der Waals surface area contributed by atoms with E-state index in [1.165, 1.54) is 0 Å². The monoisotopic (exact) mass is 241 g/mol. The van der Waals surface area contributed by atoms with Gasteiger partial charge in [-0.25, -0.2) is 0 Å². The predicted molar refractivity (Wildman–Crippen MR) is 65.4 cm³/mol. The van der Waals surface area contributed by atoms with E-state index < -0.39 is 17.3 Å². The molecule has 4 nitrogen and oxygen atoms in total. The molecule has 17 heavy (non-hydrogen) atoms. The average molecular weight is 241 g/mol. The quantitative estimate of drug-likeness (QED) is 0.604. The van der Waals surface area contributed by atoms with Crippen LogP contribution < -0.4 is 5.32 Å². The zero-order chi connectivity index (χ0) is 13.1. The predicted octanol–water partition coefficient (Wildman–Crippen LogP) is 1.88. The van der Waals surface area contributed by atoms with Crippen LogP contribution >= 0.6 is 0 Å². The minimum atomic E-state index is -0.719. The lowest BCUT2D eigenvalue weighted by molar-refractivity contribution is -0.157. The van der Waals surface area contributed by atoms with Crippen molar-refractivity contribution in [3.8, 4) is 0 Å². The van der Waals surface area contributed by atoms with Crippen LogP contribution in [0.4, 0.5) is 0 Å². The molecule has 0 aromatic rings. The molecule has 0 heterocycles. The zero-order valence-corrected chi connectivity index (χ0v) is 11.2. The second-order valence-corrected chi connectivity index (χ2v) is 5.69. The smallest absolute Gasteiger partial charge is 0.319 e. The number of amides is 1. The Morgan fingerprint density at radius 3 is 2.29 bits per heavy atom. The Labute approximate surface area is 103 Å². The fraction of sp³-hybridized carbons (Fsp3) is 0.846. The van der Waals surface area contributed by atoms with Crippen LogP contribution in [-0.4, -0.2) is 24.5 Å². The molecular formula is C13H23NO3. The topological polar surface area (TPSA) is 55.4 Å². The minimum Gasteiger partial charge on any atom is -0.465 e. The van der Waals surface area contributed by atoms with Gasteiger partial charge >= 0.3 is 5.97 Å². The molecule has 0 spiro atoms. The standard InChI is InChI=1S/C13H23NO3/c1-5-17-12(16)10(13(2,3)4)11(15)14-9-7-6-8-9/h9-10H,5-8H2,1-4H3,(H,14,15). The molecule has 0 aromatic heterocycles. The summed E-state index contributed by atoms with van der Waals surface area (Å²) in [7, 11) is 0. The normalized spacial score (nSPS) is 18.1. The molecule has 1 amide bonds. The molecule has 0 saturated heterocycles. The lowest BCUT2D eigenvalue weighted by atomic mass is 9.79. The SMILES string of the molecule is CCOC(=O)C(C(=O)NC1CCC1)C(C)(C)C. The Kier molecular flexibility index (Phi) is 4.54. The molecule has 0 aromatic carbocycles. The fourth-order valence-corrected chi connectivity index (χ4v) is 1.92. The first-order valence-corrected chi connectivity index (χ1v) is 6.33. The Balaban J connectivity index is 2.67. The number of hydrogen-bond acceptors (Lipinski definition) is 3. The van der Waals surface area contributed by atoms with E-state index in [-0.39, 0.29) is 11.9 Å². The van der Waals surface area contributed by atoms with E-state index >= 15 is 0 Å². The number of ether oxygens (including phenoxy) is 1. The number of nitrogens with one attached hydrogen (secondary N) is 1. The summed E-state index contributed by atoms with van der Waals surface area (Å²) >= 11 is 0. The maximum atomic E-state index is 12.1. The Bertz CT molecular complexity index is 290. The summed E-state index contributed by atoms with van der Waals surface area (Å²) in [5.41, 5.74) is -0.417. The van der Waals surface area contributed by atoms with E-state index in [4.69, 9.17) is 4.74 Å². The van der Waals surface area contributed by atoms with E-state index in [0.717, 1.165) is 19.3 Å². The molecule has 0 aliphatic heterocycles. The van der Waals surface area contributed by atoms with Crippen LogP contribution in [0.5, 0.6) is 0 Å². The number of esters is 1. The van der Waals surface area contributed by atoms with Crippen LogP contribution in [-0.2, 0) is 14.3 Å². The third-order valence-electron chi connectivity index (χ3n) is 3.10. The van der Waals surface area contributed by atoms with E-state index in [9.17, 15) is 9.59 Å². The van der Waals surface area contributed by atoms with Gasteiger partial charge in [0.1, 0.15) is 5.92 Å². The molecule has 4 heteroatoms. The molecule has 1 rings (SSSR count). The summed E-state index contributed by atoms with van der Waals surface area (Å²) in [5.74, 6) is -1.33. The summed E-state index contributed by atoms with van der Waals surface area (Å²) in [6, 6.07) is 0.252. The van der Waals surface area contributed by atoms with Crippen molar-refractivity contribution in [1.29, 1.82) is 0 Å². The molecule has 0 radical (unpaired) electrons. The van der Waals surface area contributed by atoms with Gasteiger partial charge in [-0.05, 0) is 31.6 Å². The minimum absolute atomic E-state index is 0.194. The van der Waals surface area contributed by atoms with Gasteiger partial charge in [0.05, 0.1) is 6.61 Å². The van der Waals surface area contributed by atoms with Crippen molar-refractivity contribution in [2.24, 2.45) is 11.3 Å². The number of carbonyl (C=O) groups excluding carboxylic acids is 2. The fourth-order valence-electron chi connectivity index (χ4n) is 1.92. The highest BCUT2D eigenvalue weighted by Crippen LogP contribution is 2.28. The summed E-state index contributed by atoms with van der Waals surface area (Å²) in [4.78, 5) is 23.9. The van der Waals surface area contributed by atoms with Crippen molar-refractivity contribution in [2.75, 3.05) is 6.61 Å². The van der Waals surface area contributed by atoms with Crippen molar-refractivity contribution < 1.29 is 14.3 Å². The van der Waals surface area contributed by atoms with Crippen LogP contribution in [0.15, 0.2) is 0 Å². The summed E-state index contributed by atoms with van der Waals surface area (Å²) in [6.45, 7) is 7.71. The van der Waals surface area contributed by atoms with Crippen LogP contribution in [0.2, 0.25) is 0 Å². The first kappa shape index (κ1) is 14.0. The highest BCUT2D eigenvalue weighted by molar-refractivity contribution is 5.98. The molecule has 1 saturated carbocycles. The largest absolute Gasteiger partial charge is 0.465 e. The van der Waals surface area contributed by atoms with Gasteiger partial charge in [0.2, 0.25) is 5.91 Å². The van der Waals surface area contributed by atoms with Crippen LogP contribution in [0.25, 0.3) is 0 Å². The van der Waals surface area contributed by atoms with Crippen LogP contribution in [0.1, 0.15) is 47.0 Å². The van der Waals surface area contributed by atoms with Gasteiger partial charge in [0.15, 0.2) is 0 Å². The number of carbonyl (C=O) groups is 2. The highest BCUT2D eigenvalue weighted by Gasteiger charge is 2.39. The van der Waals surface area contributed by atoms with Crippen molar-refractivity contribution in [3.63, 3.8) is 0 Å². The molecule has 1 fully saturated rings. The van der Waals surface area contributed by atoms with Crippen LogP contribution in [0, 0.1) is 11.3 Å². The highest BCUT2D eigenvalue weighted by atomic mass is 16.5. The third-order valence-corrected chi connectivity index (χ3v) is 3.10. The van der Waals surface area contributed by atoms with Crippen molar-refractivity contribution >= 4 is 11.9 Å². The molecule has 1 unspecified atom stereocenters. The van der Waals surface area contributed by atoms with Gasteiger partial charge in [-0.15, -0.1) is 0 Å². The maximum Gasteiger partial charge on any atom is 0.319 e. The van der Waals surface area contributed by atoms with Crippen molar-refractivity contribution in [1.82, 2.24) is 5.32 Å². The van der Waals surface area contributed by atoms with Gasteiger partial charge < -0.3 is 10.1 Å². The second-order valence-electron chi connectivity index (χ2n) is 5.69. The van der Waals surface area contributed by atoms with Gasteiger partial charge in [-0.2, -0.15) is 0 Å². The van der Waals surface area contributed by atoms with E-state index in [2.05, 4.69) is 5.32 Å². The molecule has 1 atom stereocenters. The van der Waals surface area contributed by atoms with E-state index in [1.807, 2.05) is 20.8 Å². The number of hydrogen-bond donors (Lipinski definition) is 1. The zero-order valence-electron chi connectivity index (χ0n) is 11.2. The lowest BCUT2D eigenvalue weighted by Gasteiger charge is -2.32. The molecular weight excluding hydrogens is 218 g/mol. The average Bonchev–Trinajstić information content (AvgIpc) is 2.09. The van der Waals surface area contributed by atoms with Crippen LogP contribution in [0.3, 0.4) is 0 Å². The van der Waals surface area contributed by atoms with E-state index in [0.29, 0.717) is 6.61 Å². The lowest BCUT2D eigenvalue weighted by Crippen LogP contribution is -2.48. The number of rotatable bonds is 4. The Hall–Kier alpha value is -1.06.